The fourth-order valence-corrected chi connectivity index (χ4v) is 4.88. The van der Waals surface area contributed by atoms with Crippen LogP contribution in [0.4, 0.5) is 5.69 Å². The van der Waals surface area contributed by atoms with Crippen LogP contribution in [0.2, 0.25) is 0 Å². The first kappa shape index (κ1) is 27.0. The number of carbonyl (C=O) groups excluding carboxylic acids is 1. The molecule has 0 saturated heterocycles. The van der Waals surface area contributed by atoms with Gasteiger partial charge < -0.3 is 10.1 Å². The van der Waals surface area contributed by atoms with Crippen LogP contribution in [0.25, 0.3) is 5.82 Å². The Labute approximate surface area is 222 Å². The van der Waals surface area contributed by atoms with Gasteiger partial charge in [0.2, 0.25) is 11.8 Å². The van der Waals surface area contributed by atoms with Gasteiger partial charge in [-0.2, -0.15) is 10.1 Å². The van der Waals surface area contributed by atoms with Gasteiger partial charge in [0.1, 0.15) is 11.6 Å². The highest BCUT2D eigenvalue weighted by atomic mass is 32.2. The lowest BCUT2D eigenvalue weighted by Crippen LogP contribution is -2.15. The summed E-state index contributed by atoms with van der Waals surface area (Å²) in [4.78, 5) is 21.7. The van der Waals surface area contributed by atoms with E-state index in [9.17, 15) is 13.2 Å². The van der Waals surface area contributed by atoms with E-state index in [1.807, 2.05) is 20.8 Å². The molecular formula is C28H31N5O4S. The fraction of sp³-hybridized carbons (Fsp3) is 0.286. The third-order valence-electron chi connectivity index (χ3n) is 6.27. The minimum absolute atomic E-state index is 0.120. The van der Waals surface area contributed by atoms with Crippen LogP contribution in [0.3, 0.4) is 0 Å². The molecule has 4 aromatic rings. The fourth-order valence-electron chi connectivity index (χ4n) is 3.82. The minimum atomic E-state index is -3.34. The van der Waals surface area contributed by atoms with Gasteiger partial charge in [-0.15, -0.1) is 0 Å². The normalized spacial score (nSPS) is 11.6. The summed E-state index contributed by atoms with van der Waals surface area (Å²) in [5.41, 5.74) is 4.38. The number of anilines is 1. The molecule has 0 bridgehead atoms. The molecular weight excluding hydrogens is 502 g/mol. The van der Waals surface area contributed by atoms with Crippen molar-refractivity contribution in [3.05, 3.63) is 82.9 Å². The number of nitrogens with one attached hydrogen (secondary N) is 1. The number of ether oxygens (including phenoxy) is 1. The van der Waals surface area contributed by atoms with Gasteiger partial charge in [0, 0.05) is 17.4 Å². The summed E-state index contributed by atoms with van der Waals surface area (Å²) in [5, 5.41) is 6.91. The van der Waals surface area contributed by atoms with Gasteiger partial charge in [-0.1, -0.05) is 12.1 Å². The Morgan fingerprint density at radius 3 is 2.21 bits per heavy atom. The first-order valence-electron chi connectivity index (χ1n) is 12.2. The first-order chi connectivity index (χ1) is 17.9. The van der Waals surface area contributed by atoms with Gasteiger partial charge >= 0.3 is 0 Å². The second-order valence-electron chi connectivity index (χ2n) is 9.41. The molecule has 0 aliphatic carbocycles. The largest absolute Gasteiger partial charge is 0.439 e. The van der Waals surface area contributed by atoms with Gasteiger partial charge in [0.25, 0.3) is 0 Å². The number of nitrogens with zero attached hydrogens (tertiary/aromatic N) is 4. The summed E-state index contributed by atoms with van der Waals surface area (Å²) in [6.07, 6.45) is 0.120. The molecule has 1 amide bonds. The van der Waals surface area contributed by atoms with E-state index in [-0.39, 0.29) is 17.2 Å². The molecule has 198 valence electrons. The Morgan fingerprint density at radius 2 is 1.63 bits per heavy atom. The van der Waals surface area contributed by atoms with E-state index in [2.05, 4.69) is 20.4 Å². The van der Waals surface area contributed by atoms with Crippen LogP contribution in [0.5, 0.6) is 11.6 Å². The van der Waals surface area contributed by atoms with Crippen LogP contribution in [0.15, 0.2) is 59.5 Å². The highest BCUT2D eigenvalue weighted by Gasteiger charge is 2.19. The van der Waals surface area contributed by atoms with Crippen molar-refractivity contribution in [2.75, 3.05) is 5.32 Å². The molecule has 1 N–H and O–H groups in total. The summed E-state index contributed by atoms with van der Waals surface area (Å²) in [6.45, 7) is 11.1. The Morgan fingerprint density at radius 1 is 0.974 bits per heavy atom. The van der Waals surface area contributed by atoms with Crippen LogP contribution in [0.1, 0.15) is 42.2 Å². The Balaban J connectivity index is 1.40. The SMILES string of the molecule is Cc1nc(Oc2ccc(NC(=O)Cc3ccc(S(=O)(=O)C(C)C)cc3)cc2)cc(-n2nc(C)c(C)c2C)n1. The van der Waals surface area contributed by atoms with Crippen molar-refractivity contribution in [3.8, 4) is 17.4 Å². The van der Waals surface area contributed by atoms with Crippen molar-refractivity contribution < 1.29 is 17.9 Å². The Hall–Kier alpha value is -4.05. The van der Waals surface area contributed by atoms with Crippen LogP contribution >= 0.6 is 0 Å². The van der Waals surface area contributed by atoms with Gasteiger partial charge in [0.05, 0.1) is 22.3 Å². The summed E-state index contributed by atoms with van der Waals surface area (Å²) in [7, 11) is -3.34. The molecule has 0 unspecified atom stereocenters. The average molecular weight is 534 g/mol. The molecule has 2 heterocycles. The van der Waals surface area contributed by atoms with Gasteiger partial charge in [-0.05, 0) is 89.1 Å². The molecule has 0 fully saturated rings. The molecule has 2 aromatic carbocycles. The molecule has 4 rings (SSSR count). The lowest BCUT2D eigenvalue weighted by atomic mass is 10.1. The number of aryl methyl sites for hydroxylation is 2. The number of hydrogen-bond acceptors (Lipinski definition) is 7. The smallest absolute Gasteiger partial charge is 0.228 e. The Bertz CT molecular complexity index is 1570. The van der Waals surface area contributed by atoms with Crippen molar-refractivity contribution >= 4 is 21.4 Å². The molecule has 0 radical (unpaired) electrons. The standard InChI is InChI=1S/C28H31N5O4S/c1-17(2)38(35,36)25-13-7-22(8-14-25)15-27(34)31-23-9-11-24(12-10-23)37-28-16-26(29-21(6)30-28)33-20(5)18(3)19(4)32-33/h7-14,16-17H,15H2,1-6H3,(H,31,34). The molecule has 0 aliphatic heterocycles. The van der Waals surface area contributed by atoms with Crippen molar-refractivity contribution in [2.24, 2.45) is 0 Å². The molecule has 0 aliphatic rings. The zero-order valence-electron chi connectivity index (χ0n) is 22.3. The van der Waals surface area contributed by atoms with Gasteiger partial charge in [-0.3, -0.25) is 4.79 Å². The number of sulfone groups is 1. The molecule has 38 heavy (non-hydrogen) atoms. The molecule has 0 saturated carbocycles. The average Bonchev–Trinajstić information content (AvgIpc) is 3.12. The van der Waals surface area contributed by atoms with E-state index < -0.39 is 15.1 Å². The molecule has 0 spiro atoms. The monoisotopic (exact) mass is 533 g/mol. The Kier molecular flexibility index (Phi) is 7.63. The van der Waals surface area contributed by atoms with Crippen LogP contribution in [-0.4, -0.2) is 39.3 Å². The highest BCUT2D eigenvalue weighted by Crippen LogP contribution is 2.24. The second-order valence-corrected chi connectivity index (χ2v) is 11.9. The molecule has 0 atom stereocenters. The maximum absolute atomic E-state index is 12.5. The minimum Gasteiger partial charge on any atom is -0.439 e. The van der Waals surface area contributed by atoms with Crippen molar-refractivity contribution in [3.63, 3.8) is 0 Å². The third kappa shape index (κ3) is 5.91. The zero-order chi connectivity index (χ0) is 27.6. The summed E-state index contributed by atoms with van der Waals surface area (Å²) in [5.74, 6) is 1.91. The van der Waals surface area contributed by atoms with Crippen LogP contribution in [-0.2, 0) is 21.1 Å². The summed E-state index contributed by atoms with van der Waals surface area (Å²) in [6, 6.07) is 15.1. The van der Waals surface area contributed by atoms with E-state index in [0.29, 0.717) is 29.0 Å². The molecule has 2 aromatic heterocycles. The van der Waals surface area contributed by atoms with Gasteiger partial charge in [0.15, 0.2) is 15.7 Å². The van der Waals surface area contributed by atoms with E-state index in [1.54, 1.807) is 80.1 Å². The van der Waals surface area contributed by atoms with Crippen molar-refractivity contribution in [1.82, 2.24) is 19.7 Å². The summed E-state index contributed by atoms with van der Waals surface area (Å²) >= 11 is 0. The van der Waals surface area contributed by atoms with Crippen LogP contribution < -0.4 is 10.1 Å². The number of amides is 1. The highest BCUT2D eigenvalue weighted by molar-refractivity contribution is 7.92. The van der Waals surface area contributed by atoms with Crippen molar-refractivity contribution in [2.45, 2.75) is 58.1 Å². The number of hydrogen-bond donors (Lipinski definition) is 1. The quantitative estimate of drug-likeness (QED) is 0.337. The summed E-state index contributed by atoms with van der Waals surface area (Å²) < 4.78 is 32.3. The maximum atomic E-state index is 12.5. The van der Waals surface area contributed by atoms with E-state index in [1.165, 1.54) is 0 Å². The third-order valence-corrected chi connectivity index (χ3v) is 8.44. The van der Waals surface area contributed by atoms with E-state index in [4.69, 9.17) is 4.74 Å². The van der Waals surface area contributed by atoms with Crippen LogP contribution in [0, 0.1) is 27.7 Å². The zero-order valence-corrected chi connectivity index (χ0v) is 23.1. The molecule has 9 nitrogen and oxygen atoms in total. The number of aromatic nitrogens is 4. The maximum Gasteiger partial charge on any atom is 0.228 e. The predicted octanol–water partition coefficient (Wildman–Crippen LogP) is 5.05. The topological polar surface area (TPSA) is 116 Å². The second kappa shape index (κ2) is 10.7. The number of benzene rings is 2. The lowest BCUT2D eigenvalue weighted by molar-refractivity contribution is -0.115. The van der Waals surface area contributed by atoms with Gasteiger partial charge in [-0.25, -0.2) is 18.1 Å². The van der Waals surface area contributed by atoms with E-state index in [0.717, 1.165) is 22.5 Å². The predicted molar refractivity (Wildman–Crippen MR) is 146 cm³/mol. The van der Waals surface area contributed by atoms with E-state index >= 15 is 0 Å². The first-order valence-corrected chi connectivity index (χ1v) is 13.8. The lowest BCUT2D eigenvalue weighted by Gasteiger charge is -2.10. The molecule has 10 heteroatoms. The number of rotatable bonds is 8. The number of carbonyl (C=O) groups is 1. The van der Waals surface area contributed by atoms with Crippen molar-refractivity contribution in [1.29, 1.82) is 0 Å².